The summed E-state index contributed by atoms with van der Waals surface area (Å²) in [4.78, 5) is 2.34. The highest BCUT2D eigenvalue weighted by Crippen LogP contribution is 2.36. The highest BCUT2D eigenvalue weighted by Gasteiger charge is 2.15. The van der Waals surface area contributed by atoms with E-state index in [0.717, 1.165) is 43.9 Å². The molecule has 0 aliphatic carbocycles. The molecule has 5 heteroatoms. The van der Waals surface area contributed by atoms with Crippen LogP contribution in [0.4, 0.5) is 0 Å². The lowest BCUT2D eigenvalue weighted by molar-refractivity contribution is 0.243. The lowest BCUT2D eigenvalue weighted by Crippen LogP contribution is -2.44. The van der Waals surface area contributed by atoms with E-state index in [9.17, 15) is 10.2 Å². The third-order valence-corrected chi connectivity index (χ3v) is 3.88. The largest absolute Gasteiger partial charge is 0.504 e. The molecule has 0 aromatic heterocycles. The van der Waals surface area contributed by atoms with E-state index in [4.69, 9.17) is 11.6 Å². The van der Waals surface area contributed by atoms with Gasteiger partial charge in [-0.25, -0.2) is 0 Å². The van der Waals surface area contributed by atoms with Crippen LogP contribution in [-0.2, 0) is 6.42 Å². The number of rotatable bonds is 3. The zero-order chi connectivity index (χ0) is 13.1. The quantitative estimate of drug-likeness (QED) is 0.729. The average Bonchev–Trinajstić information content (AvgIpc) is 2.38. The molecule has 0 unspecified atom stereocenters. The van der Waals surface area contributed by atoms with E-state index >= 15 is 0 Å². The number of hydrogen-bond acceptors (Lipinski definition) is 4. The Morgan fingerprint density at radius 1 is 1.33 bits per heavy atom. The predicted octanol–water partition coefficient (Wildman–Crippen LogP) is 1.51. The Morgan fingerprint density at radius 2 is 2.00 bits per heavy atom. The van der Waals surface area contributed by atoms with Crippen LogP contribution < -0.4 is 5.32 Å². The highest BCUT2D eigenvalue weighted by molar-refractivity contribution is 6.31. The van der Waals surface area contributed by atoms with Crippen LogP contribution in [0.3, 0.4) is 0 Å². The normalized spacial score (nSPS) is 17.0. The fourth-order valence-corrected chi connectivity index (χ4v) is 2.50. The number of nitrogens with one attached hydrogen (secondary N) is 1. The minimum atomic E-state index is -0.138. The van der Waals surface area contributed by atoms with Crippen molar-refractivity contribution in [2.24, 2.45) is 0 Å². The molecule has 1 fully saturated rings. The van der Waals surface area contributed by atoms with Gasteiger partial charge in [-0.15, -0.1) is 0 Å². The second-order valence-electron chi connectivity index (χ2n) is 4.67. The highest BCUT2D eigenvalue weighted by atomic mass is 35.5. The predicted molar refractivity (Wildman–Crippen MR) is 72.5 cm³/mol. The van der Waals surface area contributed by atoms with Crippen LogP contribution in [-0.4, -0.2) is 47.8 Å². The average molecular weight is 271 g/mol. The number of aromatic hydroxyl groups is 2. The summed E-state index contributed by atoms with van der Waals surface area (Å²) >= 11 is 6.02. The summed E-state index contributed by atoms with van der Waals surface area (Å²) in [6.45, 7) is 6.79. The third-order valence-electron chi connectivity index (χ3n) is 3.49. The van der Waals surface area contributed by atoms with Gasteiger partial charge in [0.05, 0.1) is 0 Å². The van der Waals surface area contributed by atoms with Gasteiger partial charge < -0.3 is 20.4 Å². The fraction of sp³-hybridized carbons (Fsp3) is 0.538. The summed E-state index contributed by atoms with van der Waals surface area (Å²) in [5, 5.41) is 23.3. The van der Waals surface area contributed by atoms with Crippen LogP contribution in [0.15, 0.2) is 6.07 Å². The molecule has 0 radical (unpaired) electrons. The molecule has 100 valence electrons. The number of halogens is 1. The van der Waals surface area contributed by atoms with Gasteiger partial charge in [-0.1, -0.05) is 11.6 Å². The van der Waals surface area contributed by atoms with Gasteiger partial charge in [0, 0.05) is 49.4 Å². The molecule has 1 aliphatic rings. The van der Waals surface area contributed by atoms with E-state index in [0.29, 0.717) is 11.4 Å². The molecule has 0 spiro atoms. The lowest BCUT2D eigenvalue weighted by atomic mass is 10.0. The number of nitrogens with zero attached hydrogens (tertiary/aromatic N) is 1. The van der Waals surface area contributed by atoms with Crippen molar-refractivity contribution in [3.05, 3.63) is 22.2 Å². The van der Waals surface area contributed by atoms with Gasteiger partial charge in [-0.3, -0.25) is 0 Å². The number of phenolic OH excluding ortho intramolecular Hbond substituents is 2. The van der Waals surface area contributed by atoms with Crippen LogP contribution in [0, 0.1) is 6.92 Å². The van der Waals surface area contributed by atoms with Crippen molar-refractivity contribution in [2.75, 3.05) is 32.7 Å². The van der Waals surface area contributed by atoms with Gasteiger partial charge in [0.2, 0.25) is 0 Å². The Morgan fingerprint density at radius 3 is 2.67 bits per heavy atom. The molecule has 3 N–H and O–H groups in total. The van der Waals surface area contributed by atoms with Crippen molar-refractivity contribution in [3.63, 3.8) is 0 Å². The first-order valence-electron chi connectivity index (χ1n) is 6.22. The van der Waals surface area contributed by atoms with Crippen LogP contribution in [0.25, 0.3) is 0 Å². The van der Waals surface area contributed by atoms with Crippen molar-refractivity contribution in [1.82, 2.24) is 10.2 Å². The summed E-state index contributed by atoms with van der Waals surface area (Å²) in [6.07, 6.45) is 0.700. The van der Waals surface area contributed by atoms with Crippen LogP contribution in [0.1, 0.15) is 11.1 Å². The van der Waals surface area contributed by atoms with Gasteiger partial charge in [0.1, 0.15) is 0 Å². The third kappa shape index (κ3) is 2.88. The van der Waals surface area contributed by atoms with E-state index in [1.807, 2.05) is 6.92 Å². The molecule has 1 saturated heterocycles. The van der Waals surface area contributed by atoms with E-state index in [2.05, 4.69) is 10.2 Å². The molecule has 1 aromatic rings. The van der Waals surface area contributed by atoms with Crippen LogP contribution >= 0.6 is 11.6 Å². The molecule has 0 atom stereocenters. The SMILES string of the molecule is Cc1c(Cl)cc(O)c(O)c1CCN1CCNCC1. The molecule has 4 nitrogen and oxygen atoms in total. The zero-order valence-electron chi connectivity index (χ0n) is 10.5. The Hall–Kier alpha value is -0.970. The standard InChI is InChI=1S/C13H19ClN2O2/c1-9-10(13(18)12(17)8-11(9)14)2-5-16-6-3-15-4-7-16/h8,15,17-18H,2-7H2,1H3. The van der Waals surface area contributed by atoms with E-state index < -0.39 is 0 Å². The Balaban J connectivity index is 2.08. The lowest BCUT2D eigenvalue weighted by Gasteiger charge is -2.27. The summed E-state index contributed by atoms with van der Waals surface area (Å²) in [5.41, 5.74) is 1.60. The number of piperazine rings is 1. The van der Waals surface area contributed by atoms with Crippen molar-refractivity contribution < 1.29 is 10.2 Å². The van der Waals surface area contributed by atoms with Gasteiger partial charge in [-0.2, -0.15) is 0 Å². The number of benzene rings is 1. The van der Waals surface area contributed by atoms with E-state index in [1.165, 1.54) is 6.07 Å². The molecule has 0 bridgehead atoms. The molecule has 18 heavy (non-hydrogen) atoms. The van der Waals surface area contributed by atoms with Gasteiger partial charge in [0.15, 0.2) is 11.5 Å². The van der Waals surface area contributed by atoms with Gasteiger partial charge in [0.25, 0.3) is 0 Å². The fourth-order valence-electron chi connectivity index (χ4n) is 2.28. The van der Waals surface area contributed by atoms with Crippen LogP contribution in [0.2, 0.25) is 5.02 Å². The topological polar surface area (TPSA) is 55.7 Å². The summed E-state index contributed by atoms with van der Waals surface area (Å²) in [7, 11) is 0. The molecule has 1 aromatic carbocycles. The molecule has 1 aliphatic heterocycles. The molecule has 0 saturated carbocycles. The van der Waals surface area contributed by atoms with Gasteiger partial charge in [-0.05, 0) is 18.9 Å². The van der Waals surface area contributed by atoms with E-state index in [1.54, 1.807) is 0 Å². The van der Waals surface area contributed by atoms with Crippen molar-refractivity contribution in [1.29, 1.82) is 0 Å². The maximum Gasteiger partial charge on any atom is 0.161 e. The van der Waals surface area contributed by atoms with Crippen molar-refractivity contribution >= 4 is 11.6 Å². The maximum absolute atomic E-state index is 9.89. The molecular weight excluding hydrogens is 252 g/mol. The maximum atomic E-state index is 9.89. The van der Waals surface area contributed by atoms with E-state index in [-0.39, 0.29) is 11.5 Å². The summed E-state index contributed by atoms with van der Waals surface area (Å²) in [5.74, 6) is -0.173. The summed E-state index contributed by atoms with van der Waals surface area (Å²) in [6, 6.07) is 1.39. The zero-order valence-corrected chi connectivity index (χ0v) is 11.3. The van der Waals surface area contributed by atoms with Crippen molar-refractivity contribution in [2.45, 2.75) is 13.3 Å². The molecular formula is C13H19ClN2O2. The van der Waals surface area contributed by atoms with Gasteiger partial charge >= 0.3 is 0 Å². The first kappa shape index (κ1) is 13.5. The summed E-state index contributed by atoms with van der Waals surface area (Å²) < 4.78 is 0. The van der Waals surface area contributed by atoms with Crippen LogP contribution in [0.5, 0.6) is 11.5 Å². The number of phenols is 2. The first-order chi connectivity index (χ1) is 8.59. The van der Waals surface area contributed by atoms with Crippen molar-refractivity contribution in [3.8, 4) is 11.5 Å². The molecule has 1 heterocycles. The minimum Gasteiger partial charge on any atom is -0.504 e. The Kier molecular flexibility index (Phi) is 4.32. The smallest absolute Gasteiger partial charge is 0.161 e. The first-order valence-corrected chi connectivity index (χ1v) is 6.60. The minimum absolute atomic E-state index is 0.0352. The second kappa shape index (κ2) is 5.78. The Bertz CT molecular complexity index is 405. The monoisotopic (exact) mass is 270 g/mol. The Labute approximate surface area is 112 Å². The number of hydrogen-bond donors (Lipinski definition) is 3. The molecule has 2 rings (SSSR count). The second-order valence-corrected chi connectivity index (χ2v) is 5.08. The molecule has 0 amide bonds.